The lowest BCUT2D eigenvalue weighted by Gasteiger charge is -2.17. The molecule has 1 aliphatic rings. The van der Waals surface area contributed by atoms with Crippen LogP contribution in [0.1, 0.15) is 36.2 Å². The molecule has 2 rings (SSSR count). The Hall–Kier alpha value is -2.90. The highest BCUT2D eigenvalue weighted by Crippen LogP contribution is 2.11. The van der Waals surface area contributed by atoms with E-state index in [4.69, 9.17) is 0 Å². The molecule has 0 spiro atoms. The molecule has 1 heterocycles. The number of hydrogen-bond donors (Lipinski definition) is 3. The average Bonchev–Trinajstić information content (AvgIpc) is 2.86. The van der Waals surface area contributed by atoms with Gasteiger partial charge in [-0.2, -0.15) is 0 Å². The number of nitrogens with one attached hydrogen (secondary N) is 2. The third-order valence-corrected chi connectivity index (χ3v) is 3.80. The number of benzene rings is 1. The van der Waals surface area contributed by atoms with Crippen LogP contribution in [-0.4, -0.2) is 46.4 Å². The van der Waals surface area contributed by atoms with E-state index in [1.807, 2.05) is 13.8 Å². The quantitative estimate of drug-likeness (QED) is 0.636. The molecule has 1 aromatic carbocycles. The van der Waals surface area contributed by atoms with Crippen molar-refractivity contribution in [1.29, 1.82) is 0 Å². The molecule has 1 aliphatic heterocycles. The maximum Gasteiger partial charge on any atom is 0.326 e. The minimum Gasteiger partial charge on any atom is -0.480 e. The Morgan fingerprint density at radius 2 is 1.88 bits per heavy atom. The smallest absolute Gasteiger partial charge is 0.326 e. The first-order valence-electron chi connectivity index (χ1n) is 7.98. The fraction of sp³-hybridized carbons (Fsp3) is 0.412. The lowest BCUT2D eigenvalue weighted by atomic mass is 10.0. The lowest BCUT2D eigenvalue weighted by molar-refractivity contribution is -0.139. The number of amides is 4. The SMILES string of the molecule is CC(C)C[C@@H](NC(=O)c1ccc(CN2C(=O)CNC2=O)cc1)C(=O)O. The fourth-order valence-corrected chi connectivity index (χ4v) is 2.49. The Balaban J connectivity index is 2.01. The van der Waals surface area contributed by atoms with Crippen molar-refractivity contribution in [2.24, 2.45) is 5.92 Å². The van der Waals surface area contributed by atoms with Crippen molar-refractivity contribution in [2.75, 3.05) is 6.54 Å². The Labute approximate surface area is 145 Å². The molecule has 8 nitrogen and oxygen atoms in total. The van der Waals surface area contributed by atoms with Gasteiger partial charge in [-0.05, 0) is 30.0 Å². The van der Waals surface area contributed by atoms with Crippen molar-refractivity contribution < 1.29 is 24.3 Å². The average molecular weight is 347 g/mol. The van der Waals surface area contributed by atoms with Gasteiger partial charge in [0.2, 0.25) is 5.91 Å². The van der Waals surface area contributed by atoms with E-state index in [9.17, 15) is 24.3 Å². The van der Waals surface area contributed by atoms with E-state index in [0.717, 1.165) is 4.90 Å². The van der Waals surface area contributed by atoms with Crippen molar-refractivity contribution in [3.63, 3.8) is 0 Å². The summed E-state index contributed by atoms with van der Waals surface area (Å²) in [6, 6.07) is 4.95. The zero-order valence-electron chi connectivity index (χ0n) is 14.1. The van der Waals surface area contributed by atoms with Gasteiger partial charge in [-0.1, -0.05) is 26.0 Å². The van der Waals surface area contributed by atoms with Crippen LogP contribution in [0.5, 0.6) is 0 Å². The van der Waals surface area contributed by atoms with Crippen molar-refractivity contribution in [3.05, 3.63) is 35.4 Å². The summed E-state index contributed by atoms with van der Waals surface area (Å²) in [6.45, 7) is 3.88. The van der Waals surface area contributed by atoms with Gasteiger partial charge in [0.1, 0.15) is 6.04 Å². The van der Waals surface area contributed by atoms with Crippen LogP contribution < -0.4 is 10.6 Å². The van der Waals surface area contributed by atoms with Gasteiger partial charge in [-0.25, -0.2) is 9.59 Å². The second-order valence-corrected chi connectivity index (χ2v) is 6.33. The normalized spacial score (nSPS) is 15.2. The van der Waals surface area contributed by atoms with Gasteiger partial charge in [0.15, 0.2) is 0 Å². The molecule has 0 unspecified atom stereocenters. The summed E-state index contributed by atoms with van der Waals surface area (Å²) < 4.78 is 0. The van der Waals surface area contributed by atoms with Gasteiger partial charge in [-0.15, -0.1) is 0 Å². The topological polar surface area (TPSA) is 116 Å². The molecule has 0 saturated carbocycles. The molecule has 25 heavy (non-hydrogen) atoms. The maximum atomic E-state index is 12.2. The largest absolute Gasteiger partial charge is 0.480 e. The standard InChI is InChI=1S/C17H21N3O5/c1-10(2)7-13(16(23)24)19-15(22)12-5-3-11(4-6-12)9-20-14(21)8-18-17(20)25/h3-6,10,13H,7-9H2,1-2H3,(H,18,25)(H,19,22)(H,23,24)/t13-/m1/s1. The number of imide groups is 1. The number of nitrogens with zero attached hydrogens (tertiary/aromatic N) is 1. The highest BCUT2D eigenvalue weighted by Gasteiger charge is 2.28. The molecule has 8 heteroatoms. The fourth-order valence-electron chi connectivity index (χ4n) is 2.49. The van der Waals surface area contributed by atoms with Gasteiger partial charge in [0.25, 0.3) is 5.91 Å². The third-order valence-electron chi connectivity index (χ3n) is 3.80. The summed E-state index contributed by atoms with van der Waals surface area (Å²) in [5.74, 6) is -1.72. The molecule has 134 valence electrons. The molecule has 0 aromatic heterocycles. The molecule has 0 aliphatic carbocycles. The summed E-state index contributed by atoms with van der Waals surface area (Å²) in [6.07, 6.45) is 0.339. The highest BCUT2D eigenvalue weighted by atomic mass is 16.4. The van der Waals surface area contributed by atoms with E-state index >= 15 is 0 Å². The van der Waals surface area contributed by atoms with E-state index in [2.05, 4.69) is 10.6 Å². The predicted octanol–water partition coefficient (Wildman–Crippen LogP) is 0.967. The summed E-state index contributed by atoms with van der Waals surface area (Å²) in [5.41, 5.74) is 1.01. The predicted molar refractivity (Wildman–Crippen MR) is 88.7 cm³/mol. The Morgan fingerprint density at radius 3 is 2.36 bits per heavy atom. The number of carboxylic acids is 1. The zero-order valence-corrected chi connectivity index (χ0v) is 14.1. The second-order valence-electron chi connectivity index (χ2n) is 6.33. The number of carbonyl (C=O) groups excluding carboxylic acids is 3. The summed E-state index contributed by atoms with van der Waals surface area (Å²) in [5, 5.41) is 14.1. The first kappa shape index (κ1) is 18.4. The molecule has 1 saturated heterocycles. The maximum absolute atomic E-state index is 12.2. The van der Waals surface area contributed by atoms with E-state index in [1.165, 1.54) is 12.1 Å². The molecular formula is C17H21N3O5. The van der Waals surface area contributed by atoms with Gasteiger partial charge in [0.05, 0.1) is 13.1 Å². The molecule has 1 atom stereocenters. The Bertz CT molecular complexity index is 668. The van der Waals surface area contributed by atoms with Crippen molar-refractivity contribution >= 4 is 23.8 Å². The molecule has 3 N–H and O–H groups in total. The third kappa shape index (κ3) is 4.79. The van der Waals surface area contributed by atoms with E-state index < -0.39 is 23.9 Å². The van der Waals surface area contributed by atoms with E-state index in [0.29, 0.717) is 17.5 Å². The van der Waals surface area contributed by atoms with E-state index in [1.54, 1.807) is 12.1 Å². The molecule has 0 radical (unpaired) electrons. The van der Waals surface area contributed by atoms with Gasteiger partial charge < -0.3 is 15.7 Å². The van der Waals surface area contributed by atoms with Crippen LogP contribution in [0.3, 0.4) is 0 Å². The van der Waals surface area contributed by atoms with Gasteiger partial charge in [-0.3, -0.25) is 14.5 Å². The van der Waals surface area contributed by atoms with Crippen LogP contribution in [0, 0.1) is 5.92 Å². The number of hydrogen-bond acceptors (Lipinski definition) is 4. The van der Waals surface area contributed by atoms with Crippen LogP contribution >= 0.6 is 0 Å². The minimum atomic E-state index is -1.07. The van der Waals surface area contributed by atoms with Crippen LogP contribution in [0.4, 0.5) is 4.79 Å². The van der Waals surface area contributed by atoms with Crippen molar-refractivity contribution in [2.45, 2.75) is 32.9 Å². The number of aliphatic carboxylic acids is 1. The lowest BCUT2D eigenvalue weighted by Crippen LogP contribution is -2.41. The molecule has 1 aromatic rings. The van der Waals surface area contributed by atoms with Gasteiger partial charge >= 0.3 is 12.0 Å². The number of urea groups is 1. The Kier molecular flexibility index (Phi) is 5.74. The first-order chi connectivity index (χ1) is 11.8. The zero-order chi connectivity index (χ0) is 18.6. The Morgan fingerprint density at radius 1 is 1.24 bits per heavy atom. The van der Waals surface area contributed by atoms with Crippen molar-refractivity contribution in [3.8, 4) is 0 Å². The number of rotatable bonds is 7. The highest BCUT2D eigenvalue weighted by molar-refractivity contribution is 6.02. The van der Waals surface area contributed by atoms with Crippen LogP contribution in [0.15, 0.2) is 24.3 Å². The van der Waals surface area contributed by atoms with Crippen LogP contribution in [-0.2, 0) is 16.1 Å². The minimum absolute atomic E-state index is 0.00818. The van der Waals surface area contributed by atoms with E-state index in [-0.39, 0.29) is 24.9 Å². The summed E-state index contributed by atoms with van der Waals surface area (Å²) in [7, 11) is 0. The monoisotopic (exact) mass is 347 g/mol. The molecule has 0 bridgehead atoms. The summed E-state index contributed by atoms with van der Waals surface area (Å²) in [4.78, 5) is 47.6. The molecular weight excluding hydrogens is 326 g/mol. The first-order valence-corrected chi connectivity index (χ1v) is 7.98. The molecule has 1 fully saturated rings. The number of carboxylic acid groups (broad SMARTS) is 1. The number of carbonyl (C=O) groups is 4. The summed E-state index contributed by atoms with van der Waals surface area (Å²) >= 11 is 0. The van der Waals surface area contributed by atoms with Gasteiger partial charge in [0, 0.05) is 5.56 Å². The van der Waals surface area contributed by atoms with Crippen LogP contribution in [0.25, 0.3) is 0 Å². The van der Waals surface area contributed by atoms with Crippen LogP contribution in [0.2, 0.25) is 0 Å². The molecule has 4 amide bonds. The second kappa shape index (κ2) is 7.78. The van der Waals surface area contributed by atoms with Crippen molar-refractivity contribution in [1.82, 2.24) is 15.5 Å².